The molecule has 3 heterocycles. The molecule has 9 heteroatoms. The fourth-order valence-electron chi connectivity index (χ4n) is 2.66. The highest BCUT2D eigenvalue weighted by atomic mass is 19.1. The van der Waals surface area contributed by atoms with Crippen LogP contribution in [0, 0.1) is 0 Å². The first kappa shape index (κ1) is 14.0. The summed E-state index contributed by atoms with van der Waals surface area (Å²) >= 11 is 0. The van der Waals surface area contributed by atoms with Crippen LogP contribution in [0.5, 0.6) is 0 Å². The molecule has 1 saturated heterocycles. The number of hydrogen-bond acceptors (Lipinski definition) is 7. The van der Waals surface area contributed by atoms with Gasteiger partial charge in [0.25, 0.3) is 0 Å². The summed E-state index contributed by atoms with van der Waals surface area (Å²) in [5, 5.41) is 12.1. The van der Waals surface area contributed by atoms with E-state index in [1.807, 2.05) is 0 Å². The van der Waals surface area contributed by atoms with Crippen molar-refractivity contribution in [1.29, 1.82) is 0 Å². The van der Waals surface area contributed by atoms with Gasteiger partial charge in [0.2, 0.25) is 5.95 Å². The van der Waals surface area contributed by atoms with Crippen molar-refractivity contribution in [3.8, 4) is 0 Å². The largest absolute Gasteiger partial charge is 0.394 e. The maximum absolute atomic E-state index is 14.7. The maximum atomic E-state index is 14.7. The smallest absolute Gasteiger partial charge is 0.224 e. The number of aromatic nitrogens is 4. The van der Waals surface area contributed by atoms with Crippen molar-refractivity contribution in [1.82, 2.24) is 19.5 Å². The standard InChI is InChI=1S/C12H17FN6O2/c1-12(13)3-6(4-20)21-10(12)19-5-16-7-8(15-2)17-11(14)18-9(7)19/h5-6,10,20H,3-4H2,1-2H3,(H3,14,15,17,18)/t6-,10+,12+/m0/s1. The van der Waals surface area contributed by atoms with Crippen LogP contribution in [0.1, 0.15) is 19.6 Å². The number of rotatable bonds is 3. The SMILES string of the molecule is CNc1nc(N)nc2c1ncn2[C@@H]1O[C@H](CO)C[C@@]1(C)F. The van der Waals surface area contributed by atoms with Crippen molar-refractivity contribution in [3.63, 3.8) is 0 Å². The zero-order valence-electron chi connectivity index (χ0n) is 11.7. The zero-order valence-corrected chi connectivity index (χ0v) is 11.7. The Morgan fingerprint density at radius 3 is 3.00 bits per heavy atom. The van der Waals surface area contributed by atoms with E-state index in [4.69, 9.17) is 10.5 Å². The topological polar surface area (TPSA) is 111 Å². The molecule has 1 fully saturated rings. The van der Waals surface area contributed by atoms with Gasteiger partial charge in [0, 0.05) is 13.5 Å². The van der Waals surface area contributed by atoms with E-state index < -0.39 is 18.0 Å². The molecule has 114 valence electrons. The van der Waals surface area contributed by atoms with Gasteiger partial charge in [-0.3, -0.25) is 4.57 Å². The monoisotopic (exact) mass is 296 g/mol. The molecule has 0 radical (unpaired) electrons. The first-order chi connectivity index (χ1) is 9.96. The van der Waals surface area contributed by atoms with E-state index in [1.54, 1.807) is 7.05 Å². The van der Waals surface area contributed by atoms with Gasteiger partial charge in [-0.05, 0) is 6.92 Å². The number of aliphatic hydroxyl groups is 1. The molecule has 0 spiro atoms. The highest BCUT2D eigenvalue weighted by Crippen LogP contribution is 2.42. The highest BCUT2D eigenvalue weighted by Gasteiger charge is 2.47. The van der Waals surface area contributed by atoms with Crippen LogP contribution >= 0.6 is 0 Å². The second kappa shape index (κ2) is 4.78. The molecular formula is C12H17FN6O2. The van der Waals surface area contributed by atoms with Crippen molar-refractivity contribution >= 4 is 22.9 Å². The lowest BCUT2D eigenvalue weighted by atomic mass is 10.0. The third-order valence-electron chi connectivity index (χ3n) is 3.59. The Morgan fingerprint density at radius 1 is 1.62 bits per heavy atom. The van der Waals surface area contributed by atoms with Crippen molar-refractivity contribution in [2.24, 2.45) is 0 Å². The van der Waals surface area contributed by atoms with Gasteiger partial charge in [-0.25, -0.2) is 9.37 Å². The first-order valence-corrected chi connectivity index (χ1v) is 6.59. The number of aliphatic hydroxyl groups excluding tert-OH is 1. The summed E-state index contributed by atoms with van der Waals surface area (Å²) in [7, 11) is 1.69. The molecule has 0 amide bonds. The number of halogens is 1. The predicted octanol–water partition coefficient (Wildman–Crippen LogP) is 0.458. The molecule has 4 N–H and O–H groups in total. The third kappa shape index (κ3) is 2.18. The van der Waals surface area contributed by atoms with E-state index in [1.165, 1.54) is 17.8 Å². The summed E-state index contributed by atoms with van der Waals surface area (Å²) in [6, 6.07) is 0. The number of alkyl halides is 1. The van der Waals surface area contributed by atoms with Crippen LogP contribution < -0.4 is 11.1 Å². The van der Waals surface area contributed by atoms with Gasteiger partial charge < -0.3 is 20.9 Å². The van der Waals surface area contributed by atoms with E-state index in [-0.39, 0.29) is 19.0 Å². The van der Waals surface area contributed by atoms with Crippen LogP contribution in [0.2, 0.25) is 0 Å². The van der Waals surface area contributed by atoms with Crippen molar-refractivity contribution in [2.45, 2.75) is 31.3 Å². The van der Waals surface area contributed by atoms with E-state index in [0.717, 1.165) is 0 Å². The molecular weight excluding hydrogens is 279 g/mol. The Labute approximate surface area is 120 Å². The molecule has 0 saturated carbocycles. The van der Waals surface area contributed by atoms with Gasteiger partial charge in [-0.2, -0.15) is 9.97 Å². The minimum atomic E-state index is -1.64. The first-order valence-electron chi connectivity index (χ1n) is 6.59. The quantitative estimate of drug-likeness (QED) is 0.754. The Kier molecular flexibility index (Phi) is 3.18. The lowest BCUT2D eigenvalue weighted by molar-refractivity contribution is -0.0565. The lowest BCUT2D eigenvalue weighted by Gasteiger charge is -2.22. The van der Waals surface area contributed by atoms with Gasteiger partial charge >= 0.3 is 0 Å². The average Bonchev–Trinajstić information content (AvgIpc) is 2.97. The number of imidazole rings is 1. The number of nitrogens with zero attached hydrogens (tertiary/aromatic N) is 4. The number of anilines is 2. The minimum absolute atomic E-state index is 0.0610. The fraction of sp³-hybridized carbons (Fsp3) is 0.583. The van der Waals surface area contributed by atoms with Crippen LogP contribution in [-0.4, -0.2) is 50.1 Å². The van der Waals surface area contributed by atoms with Gasteiger partial charge in [-0.15, -0.1) is 0 Å². The van der Waals surface area contributed by atoms with E-state index >= 15 is 0 Å². The molecule has 8 nitrogen and oxygen atoms in total. The molecule has 0 unspecified atom stereocenters. The maximum Gasteiger partial charge on any atom is 0.224 e. The molecule has 2 aromatic heterocycles. The Bertz CT molecular complexity index is 673. The predicted molar refractivity (Wildman–Crippen MR) is 74.4 cm³/mol. The molecule has 3 rings (SSSR count). The molecule has 3 atom stereocenters. The molecule has 0 bridgehead atoms. The zero-order chi connectivity index (χ0) is 15.2. The Morgan fingerprint density at radius 2 is 2.38 bits per heavy atom. The van der Waals surface area contributed by atoms with Crippen molar-refractivity contribution in [3.05, 3.63) is 6.33 Å². The van der Waals surface area contributed by atoms with Crippen LogP contribution in [-0.2, 0) is 4.74 Å². The Hall–Kier alpha value is -2.00. The van der Waals surface area contributed by atoms with Crippen molar-refractivity contribution in [2.75, 3.05) is 24.7 Å². The van der Waals surface area contributed by atoms with Crippen molar-refractivity contribution < 1.29 is 14.2 Å². The molecule has 0 aliphatic carbocycles. The number of nitrogens with two attached hydrogens (primary N) is 1. The number of fused-ring (bicyclic) bond motifs is 1. The fourth-order valence-corrected chi connectivity index (χ4v) is 2.66. The normalized spacial score (nSPS) is 29.1. The summed E-state index contributed by atoms with van der Waals surface area (Å²) < 4.78 is 21.8. The van der Waals surface area contributed by atoms with Gasteiger partial charge in [0.15, 0.2) is 28.9 Å². The molecule has 1 aliphatic heterocycles. The second-order valence-electron chi connectivity index (χ2n) is 5.28. The van der Waals surface area contributed by atoms with Gasteiger partial charge in [0.1, 0.15) is 0 Å². The summed E-state index contributed by atoms with van der Waals surface area (Å²) in [6.45, 7) is 1.20. The number of hydrogen-bond donors (Lipinski definition) is 3. The number of nitrogens with one attached hydrogen (secondary N) is 1. The average molecular weight is 296 g/mol. The van der Waals surface area contributed by atoms with E-state index in [0.29, 0.717) is 17.0 Å². The second-order valence-corrected chi connectivity index (χ2v) is 5.28. The van der Waals surface area contributed by atoms with Crippen LogP contribution in [0.25, 0.3) is 11.2 Å². The van der Waals surface area contributed by atoms with Crippen LogP contribution in [0.4, 0.5) is 16.2 Å². The Balaban J connectivity index is 2.11. The summed E-state index contributed by atoms with van der Waals surface area (Å²) in [5.74, 6) is 0.527. The number of nitrogen functional groups attached to an aromatic ring is 1. The van der Waals surface area contributed by atoms with Crippen LogP contribution in [0.15, 0.2) is 6.33 Å². The third-order valence-corrected chi connectivity index (χ3v) is 3.59. The van der Waals surface area contributed by atoms with Crippen LogP contribution in [0.3, 0.4) is 0 Å². The molecule has 21 heavy (non-hydrogen) atoms. The number of ether oxygens (including phenoxy) is 1. The molecule has 2 aromatic rings. The lowest BCUT2D eigenvalue weighted by Crippen LogP contribution is -2.27. The summed E-state index contributed by atoms with van der Waals surface area (Å²) in [5.41, 5.74) is 4.90. The minimum Gasteiger partial charge on any atom is -0.394 e. The summed E-state index contributed by atoms with van der Waals surface area (Å²) in [4.78, 5) is 12.4. The van der Waals surface area contributed by atoms with Gasteiger partial charge in [0.05, 0.1) is 19.0 Å². The highest BCUT2D eigenvalue weighted by molar-refractivity contribution is 5.84. The molecule has 0 aromatic carbocycles. The van der Waals surface area contributed by atoms with Gasteiger partial charge in [-0.1, -0.05) is 0 Å². The van der Waals surface area contributed by atoms with E-state index in [2.05, 4.69) is 20.3 Å². The summed E-state index contributed by atoms with van der Waals surface area (Å²) in [6.07, 6.45) is 0.0823. The van der Waals surface area contributed by atoms with E-state index in [9.17, 15) is 9.50 Å². The molecule has 1 aliphatic rings.